The van der Waals surface area contributed by atoms with Gasteiger partial charge in [-0.15, -0.1) is 0 Å². The minimum atomic E-state index is -0.202. The van der Waals surface area contributed by atoms with Crippen LogP contribution in [0.5, 0.6) is 5.75 Å². The van der Waals surface area contributed by atoms with Gasteiger partial charge in [-0.25, -0.2) is 0 Å². The van der Waals surface area contributed by atoms with Crippen molar-refractivity contribution in [2.45, 2.75) is 45.6 Å². The SMILES string of the molecule is COc1cc(C(C)C)ccc1CC(C)(C)N. The first-order valence-electron chi connectivity index (χ1n) is 5.79. The van der Waals surface area contributed by atoms with E-state index < -0.39 is 0 Å². The topological polar surface area (TPSA) is 35.2 Å². The third-order valence-electron chi connectivity index (χ3n) is 2.62. The van der Waals surface area contributed by atoms with E-state index in [1.165, 1.54) is 11.1 Å². The van der Waals surface area contributed by atoms with Gasteiger partial charge in [0.05, 0.1) is 7.11 Å². The highest BCUT2D eigenvalue weighted by Crippen LogP contribution is 2.26. The van der Waals surface area contributed by atoms with E-state index >= 15 is 0 Å². The second kappa shape index (κ2) is 4.88. The summed E-state index contributed by atoms with van der Waals surface area (Å²) >= 11 is 0. The molecular formula is C14H23NO. The van der Waals surface area contributed by atoms with Crippen LogP contribution in [0.1, 0.15) is 44.7 Å². The van der Waals surface area contributed by atoms with Crippen LogP contribution in [-0.4, -0.2) is 12.6 Å². The van der Waals surface area contributed by atoms with Gasteiger partial charge in [0, 0.05) is 5.54 Å². The fourth-order valence-corrected chi connectivity index (χ4v) is 1.76. The van der Waals surface area contributed by atoms with E-state index in [1.807, 2.05) is 13.8 Å². The number of benzene rings is 1. The van der Waals surface area contributed by atoms with Crippen molar-refractivity contribution in [1.29, 1.82) is 0 Å². The van der Waals surface area contributed by atoms with Crippen LogP contribution in [0.15, 0.2) is 18.2 Å². The van der Waals surface area contributed by atoms with Crippen LogP contribution in [0, 0.1) is 0 Å². The summed E-state index contributed by atoms with van der Waals surface area (Å²) in [7, 11) is 1.71. The van der Waals surface area contributed by atoms with Gasteiger partial charge in [-0.2, -0.15) is 0 Å². The molecule has 1 aromatic rings. The second-order valence-corrected chi connectivity index (χ2v) is 5.39. The summed E-state index contributed by atoms with van der Waals surface area (Å²) in [4.78, 5) is 0. The van der Waals surface area contributed by atoms with Crippen LogP contribution in [0.2, 0.25) is 0 Å². The predicted octanol–water partition coefficient (Wildman–Crippen LogP) is 3.10. The lowest BCUT2D eigenvalue weighted by Gasteiger charge is -2.21. The summed E-state index contributed by atoms with van der Waals surface area (Å²) in [6, 6.07) is 6.41. The molecule has 0 aliphatic rings. The molecule has 0 spiro atoms. The van der Waals surface area contributed by atoms with Gasteiger partial charge in [-0.05, 0) is 43.4 Å². The second-order valence-electron chi connectivity index (χ2n) is 5.39. The molecule has 90 valence electrons. The van der Waals surface area contributed by atoms with E-state index in [0.29, 0.717) is 5.92 Å². The van der Waals surface area contributed by atoms with Crippen LogP contribution in [0.4, 0.5) is 0 Å². The Balaban J connectivity index is 3.02. The van der Waals surface area contributed by atoms with E-state index in [2.05, 4.69) is 32.0 Å². The molecule has 0 aliphatic heterocycles. The molecule has 0 bridgehead atoms. The Hall–Kier alpha value is -1.02. The molecule has 0 amide bonds. The first-order valence-corrected chi connectivity index (χ1v) is 5.79. The van der Waals surface area contributed by atoms with Gasteiger partial charge in [0.2, 0.25) is 0 Å². The van der Waals surface area contributed by atoms with Gasteiger partial charge in [-0.3, -0.25) is 0 Å². The van der Waals surface area contributed by atoms with Gasteiger partial charge in [0.25, 0.3) is 0 Å². The molecule has 0 fully saturated rings. The van der Waals surface area contributed by atoms with Crippen LogP contribution >= 0.6 is 0 Å². The molecule has 1 rings (SSSR count). The number of hydrogen-bond acceptors (Lipinski definition) is 2. The van der Waals surface area contributed by atoms with Gasteiger partial charge >= 0.3 is 0 Å². The van der Waals surface area contributed by atoms with E-state index in [9.17, 15) is 0 Å². The zero-order valence-corrected chi connectivity index (χ0v) is 11.0. The maximum absolute atomic E-state index is 6.03. The van der Waals surface area contributed by atoms with E-state index in [-0.39, 0.29) is 5.54 Å². The first-order chi connectivity index (χ1) is 7.33. The molecule has 2 nitrogen and oxygen atoms in total. The van der Waals surface area contributed by atoms with Crippen molar-refractivity contribution in [3.63, 3.8) is 0 Å². The minimum absolute atomic E-state index is 0.202. The molecule has 0 atom stereocenters. The van der Waals surface area contributed by atoms with Crippen molar-refractivity contribution in [1.82, 2.24) is 0 Å². The lowest BCUT2D eigenvalue weighted by molar-refractivity contribution is 0.401. The maximum Gasteiger partial charge on any atom is 0.122 e. The van der Waals surface area contributed by atoms with Gasteiger partial charge in [0.15, 0.2) is 0 Å². The molecule has 2 N–H and O–H groups in total. The Morgan fingerprint density at radius 1 is 1.31 bits per heavy atom. The summed E-state index contributed by atoms with van der Waals surface area (Å²) in [6.07, 6.45) is 0.828. The molecule has 0 unspecified atom stereocenters. The van der Waals surface area contributed by atoms with Crippen molar-refractivity contribution in [3.05, 3.63) is 29.3 Å². The average Bonchev–Trinajstić information content (AvgIpc) is 2.15. The highest BCUT2D eigenvalue weighted by atomic mass is 16.5. The van der Waals surface area contributed by atoms with Gasteiger partial charge in [-0.1, -0.05) is 26.0 Å². The molecule has 0 aliphatic carbocycles. The monoisotopic (exact) mass is 221 g/mol. The van der Waals surface area contributed by atoms with Crippen LogP contribution < -0.4 is 10.5 Å². The number of ether oxygens (including phenoxy) is 1. The van der Waals surface area contributed by atoms with Crippen molar-refractivity contribution in [3.8, 4) is 5.75 Å². The standard InChI is InChI=1S/C14H23NO/c1-10(2)11-6-7-12(9-14(3,4)15)13(8-11)16-5/h6-8,10H,9,15H2,1-5H3. The van der Waals surface area contributed by atoms with Crippen molar-refractivity contribution in [2.75, 3.05) is 7.11 Å². The fourth-order valence-electron chi connectivity index (χ4n) is 1.76. The lowest BCUT2D eigenvalue weighted by atomic mass is 9.93. The molecule has 0 saturated heterocycles. The Kier molecular flexibility index (Phi) is 3.98. The largest absolute Gasteiger partial charge is 0.496 e. The van der Waals surface area contributed by atoms with Crippen molar-refractivity contribution < 1.29 is 4.74 Å². The summed E-state index contributed by atoms with van der Waals surface area (Å²) in [5.41, 5.74) is 8.31. The van der Waals surface area contributed by atoms with Crippen molar-refractivity contribution >= 4 is 0 Å². The third-order valence-corrected chi connectivity index (χ3v) is 2.62. The minimum Gasteiger partial charge on any atom is -0.496 e. The first kappa shape index (κ1) is 13.0. The maximum atomic E-state index is 6.03. The highest BCUT2D eigenvalue weighted by Gasteiger charge is 2.15. The fraction of sp³-hybridized carbons (Fsp3) is 0.571. The predicted molar refractivity (Wildman–Crippen MR) is 69.1 cm³/mol. The van der Waals surface area contributed by atoms with Crippen LogP contribution in [0.3, 0.4) is 0 Å². The quantitative estimate of drug-likeness (QED) is 0.848. The molecule has 2 heteroatoms. The average molecular weight is 221 g/mol. The molecule has 0 saturated carbocycles. The molecule has 16 heavy (non-hydrogen) atoms. The third kappa shape index (κ3) is 3.53. The van der Waals surface area contributed by atoms with E-state index in [4.69, 9.17) is 10.5 Å². The molecule has 0 heterocycles. The van der Waals surface area contributed by atoms with Crippen LogP contribution in [0.25, 0.3) is 0 Å². The van der Waals surface area contributed by atoms with Crippen LogP contribution in [-0.2, 0) is 6.42 Å². The zero-order valence-electron chi connectivity index (χ0n) is 11.0. The normalized spacial score (nSPS) is 11.9. The molecular weight excluding hydrogens is 198 g/mol. The summed E-state index contributed by atoms with van der Waals surface area (Å²) in [5.74, 6) is 1.47. The lowest BCUT2D eigenvalue weighted by Crippen LogP contribution is -2.34. The highest BCUT2D eigenvalue weighted by molar-refractivity contribution is 5.39. The Morgan fingerprint density at radius 2 is 1.94 bits per heavy atom. The number of hydrogen-bond donors (Lipinski definition) is 1. The summed E-state index contributed by atoms with van der Waals surface area (Å²) < 4.78 is 5.43. The van der Waals surface area contributed by atoms with E-state index in [0.717, 1.165) is 12.2 Å². The molecule has 0 aromatic heterocycles. The van der Waals surface area contributed by atoms with E-state index in [1.54, 1.807) is 7.11 Å². The Labute approximate surface area is 98.8 Å². The van der Waals surface area contributed by atoms with Gasteiger partial charge in [0.1, 0.15) is 5.75 Å². The smallest absolute Gasteiger partial charge is 0.122 e. The molecule has 1 aromatic carbocycles. The van der Waals surface area contributed by atoms with Crippen molar-refractivity contribution in [2.24, 2.45) is 5.73 Å². The number of nitrogens with two attached hydrogens (primary N) is 1. The zero-order chi connectivity index (χ0) is 12.3. The Bertz CT molecular complexity index is 350. The Morgan fingerprint density at radius 3 is 2.38 bits per heavy atom. The summed E-state index contributed by atoms with van der Waals surface area (Å²) in [5, 5.41) is 0. The molecule has 0 radical (unpaired) electrons. The number of methoxy groups -OCH3 is 1. The van der Waals surface area contributed by atoms with Gasteiger partial charge < -0.3 is 10.5 Å². The number of rotatable bonds is 4. The summed E-state index contributed by atoms with van der Waals surface area (Å²) in [6.45, 7) is 8.42.